The molecular formula is C8H9F2NO2S. The quantitative estimate of drug-likeness (QED) is 0.832. The van der Waals surface area contributed by atoms with Crippen LogP contribution in [0.4, 0.5) is 8.78 Å². The van der Waals surface area contributed by atoms with Gasteiger partial charge in [0.05, 0.1) is 4.90 Å². The van der Waals surface area contributed by atoms with E-state index in [1.807, 2.05) is 0 Å². The van der Waals surface area contributed by atoms with Crippen molar-refractivity contribution in [3.8, 4) is 0 Å². The Labute approximate surface area is 80.6 Å². The summed E-state index contributed by atoms with van der Waals surface area (Å²) >= 11 is 0. The van der Waals surface area contributed by atoms with E-state index in [0.29, 0.717) is 0 Å². The van der Waals surface area contributed by atoms with Crippen LogP contribution in [0.25, 0.3) is 0 Å². The van der Waals surface area contributed by atoms with Gasteiger partial charge < -0.3 is 0 Å². The molecule has 0 aliphatic carbocycles. The number of primary sulfonamides is 1. The fraction of sp³-hybridized carbons (Fsp3) is 0.250. The summed E-state index contributed by atoms with van der Waals surface area (Å²) in [5.41, 5.74) is 0.0463. The Morgan fingerprint density at radius 1 is 1.29 bits per heavy atom. The maximum atomic E-state index is 12.1. The van der Waals surface area contributed by atoms with Crippen LogP contribution in [0.2, 0.25) is 0 Å². The second kappa shape index (κ2) is 4.02. The second-order valence-corrected chi connectivity index (χ2v) is 4.28. The van der Waals surface area contributed by atoms with Crippen molar-refractivity contribution in [2.45, 2.75) is 17.7 Å². The SMILES string of the molecule is NS(=O)(=O)c1ccccc1CC(F)F. The molecule has 14 heavy (non-hydrogen) atoms. The van der Waals surface area contributed by atoms with E-state index >= 15 is 0 Å². The highest BCUT2D eigenvalue weighted by Crippen LogP contribution is 2.16. The van der Waals surface area contributed by atoms with Gasteiger partial charge in [0.2, 0.25) is 16.4 Å². The molecular weight excluding hydrogens is 212 g/mol. The topological polar surface area (TPSA) is 60.2 Å². The van der Waals surface area contributed by atoms with Crippen molar-refractivity contribution in [1.82, 2.24) is 0 Å². The Kier molecular flexibility index (Phi) is 3.17. The number of alkyl halides is 2. The minimum absolute atomic E-state index is 0.0463. The summed E-state index contributed by atoms with van der Waals surface area (Å²) in [6.07, 6.45) is -3.19. The molecule has 78 valence electrons. The standard InChI is InChI=1S/C8H9F2NO2S/c9-8(10)5-6-3-1-2-4-7(6)14(11,12)13/h1-4,8H,5H2,(H2,11,12,13). The Hall–Kier alpha value is -1.01. The van der Waals surface area contributed by atoms with E-state index in [0.717, 1.165) is 0 Å². The zero-order valence-corrected chi connectivity index (χ0v) is 7.97. The summed E-state index contributed by atoms with van der Waals surface area (Å²) in [5.74, 6) is 0. The molecule has 0 amide bonds. The molecule has 0 atom stereocenters. The van der Waals surface area contributed by atoms with Crippen molar-refractivity contribution in [2.75, 3.05) is 0 Å². The van der Waals surface area contributed by atoms with Gasteiger partial charge >= 0.3 is 0 Å². The van der Waals surface area contributed by atoms with Crippen molar-refractivity contribution < 1.29 is 17.2 Å². The van der Waals surface area contributed by atoms with Crippen molar-refractivity contribution in [3.05, 3.63) is 29.8 Å². The lowest BCUT2D eigenvalue weighted by molar-refractivity contribution is 0.148. The van der Waals surface area contributed by atoms with Gasteiger partial charge in [0.15, 0.2) is 0 Å². The third-order valence-corrected chi connectivity index (χ3v) is 2.66. The van der Waals surface area contributed by atoms with Gasteiger partial charge in [0, 0.05) is 6.42 Å². The Morgan fingerprint density at radius 2 is 1.86 bits per heavy atom. The highest BCUT2D eigenvalue weighted by atomic mass is 32.2. The fourth-order valence-corrected chi connectivity index (χ4v) is 1.90. The first-order valence-electron chi connectivity index (χ1n) is 3.80. The van der Waals surface area contributed by atoms with Gasteiger partial charge in [-0.25, -0.2) is 22.3 Å². The molecule has 0 aliphatic rings. The lowest BCUT2D eigenvalue weighted by atomic mass is 10.2. The Balaban J connectivity index is 3.17. The van der Waals surface area contributed by atoms with Crippen LogP contribution in [0, 0.1) is 0 Å². The number of hydrogen-bond donors (Lipinski definition) is 1. The van der Waals surface area contributed by atoms with Crippen molar-refractivity contribution in [1.29, 1.82) is 0 Å². The van der Waals surface area contributed by atoms with Crippen LogP contribution >= 0.6 is 0 Å². The molecule has 0 saturated carbocycles. The predicted molar refractivity (Wildman–Crippen MR) is 47.5 cm³/mol. The molecule has 1 aromatic rings. The van der Waals surface area contributed by atoms with Crippen LogP contribution in [0.15, 0.2) is 29.2 Å². The number of halogens is 2. The molecule has 0 saturated heterocycles. The van der Waals surface area contributed by atoms with Crippen molar-refractivity contribution in [3.63, 3.8) is 0 Å². The molecule has 0 radical (unpaired) electrons. The van der Waals surface area contributed by atoms with E-state index in [-0.39, 0.29) is 10.5 Å². The van der Waals surface area contributed by atoms with Crippen LogP contribution in [0.1, 0.15) is 5.56 Å². The van der Waals surface area contributed by atoms with Crippen LogP contribution in [-0.2, 0) is 16.4 Å². The number of hydrogen-bond acceptors (Lipinski definition) is 2. The monoisotopic (exact) mass is 221 g/mol. The highest BCUT2D eigenvalue weighted by Gasteiger charge is 2.15. The van der Waals surface area contributed by atoms with Gasteiger partial charge in [-0.15, -0.1) is 0 Å². The number of sulfonamides is 1. The molecule has 0 unspecified atom stereocenters. The predicted octanol–water partition coefficient (Wildman–Crippen LogP) is 1.14. The average Bonchev–Trinajstić information content (AvgIpc) is 2.01. The molecule has 1 aromatic carbocycles. The molecule has 2 N–H and O–H groups in total. The van der Waals surface area contributed by atoms with Crippen LogP contribution in [0.3, 0.4) is 0 Å². The van der Waals surface area contributed by atoms with Gasteiger partial charge in [-0.3, -0.25) is 0 Å². The lowest BCUT2D eigenvalue weighted by Crippen LogP contribution is -2.15. The smallest absolute Gasteiger partial charge is 0.225 e. The first kappa shape index (κ1) is 11.1. The van der Waals surface area contributed by atoms with Gasteiger partial charge in [-0.1, -0.05) is 18.2 Å². The molecule has 1 rings (SSSR count). The summed E-state index contributed by atoms with van der Waals surface area (Å²) in [5, 5.41) is 4.86. The summed E-state index contributed by atoms with van der Waals surface area (Å²) in [6, 6.07) is 5.47. The normalized spacial score (nSPS) is 12.0. The average molecular weight is 221 g/mol. The van der Waals surface area contributed by atoms with E-state index in [4.69, 9.17) is 5.14 Å². The molecule has 3 nitrogen and oxygen atoms in total. The van der Waals surface area contributed by atoms with Gasteiger partial charge in [-0.05, 0) is 11.6 Å². The van der Waals surface area contributed by atoms with Gasteiger partial charge in [0.25, 0.3) is 0 Å². The molecule has 0 bridgehead atoms. The Morgan fingerprint density at radius 3 is 2.36 bits per heavy atom. The molecule has 0 heterocycles. The van der Waals surface area contributed by atoms with Crippen molar-refractivity contribution in [2.24, 2.45) is 5.14 Å². The third-order valence-electron chi connectivity index (χ3n) is 1.65. The molecule has 6 heteroatoms. The third kappa shape index (κ3) is 2.74. The van der Waals surface area contributed by atoms with E-state index in [1.54, 1.807) is 0 Å². The maximum Gasteiger partial charge on any atom is 0.242 e. The zero-order chi connectivity index (χ0) is 10.8. The summed E-state index contributed by atoms with van der Waals surface area (Å²) in [7, 11) is -3.91. The van der Waals surface area contributed by atoms with E-state index in [1.165, 1.54) is 24.3 Å². The molecule has 0 aliphatic heterocycles. The first-order valence-corrected chi connectivity index (χ1v) is 5.35. The lowest BCUT2D eigenvalue weighted by Gasteiger charge is -2.05. The molecule has 0 fully saturated rings. The van der Waals surface area contributed by atoms with E-state index in [9.17, 15) is 17.2 Å². The minimum Gasteiger partial charge on any atom is -0.225 e. The first-order chi connectivity index (χ1) is 6.41. The summed E-state index contributed by atoms with van der Waals surface area (Å²) < 4.78 is 46.0. The highest BCUT2D eigenvalue weighted by molar-refractivity contribution is 7.89. The summed E-state index contributed by atoms with van der Waals surface area (Å²) in [6.45, 7) is 0. The van der Waals surface area contributed by atoms with Crippen LogP contribution < -0.4 is 5.14 Å². The second-order valence-electron chi connectivity index (χ2n) is 2.75. The number of benzene rings is 1. The largest absolute Gasteiger partial charge is 0.242 e. The fourth-order valence-electron chi connectivity index (χ4n) is 1.12. The van der Waals surface area contributed by atoms with Crippen LogP contribution in [0.5, 0.6) is 0 Å². The summed E-state index contributed by atoms with van der Waals surface area (Å²) in [4.78, 5) is -0.236. The molecule has 0 aromatic heterocycles. The zero-order valence-electron chi connectivity index (χ0n) is 7.15. The van der Waals surface area contributed by atoms with E-state index in [2.05, 4.69) is 0 Å². The number of rotatable bonds is 3. The van der Waals surface area contributed by atoms with Crippen LogP contribution in [-0.4, -0.2) is 14.8 Å². The minimum atomic E-state index is -3.91. The Bertz CT molecular complexity index is 417. The number of nitrogens with two attached hydrogens (primary N) is 1. The van der Waals surface area contributed by atoms with Gasteiger partial charge in [-0.2, -0.15) is 0 Å². The van der Waals surface area contributed by atoms with Gasteiger partial charge in [0.1, 0.15) is 0 Å². The van der Waals surface area contributed by atoms with E-state index < -0.39 is 22.9 Å². The molecule has 0 spiro atoms. The van der Waals surface area contributed by atoms with Crippen molar-refractivity contribution >= 4 is 10.0 Å². The maximum absolute atomic E-state index is 12.1.